The second-order valence-corrected chi connectivity index (χ2v) is 5.58. The van der Waals surface area contributed by atoms with Gasteiger partial charge < -0.3 is 20.1 Å². The summed E-state index contributed by atoms with van der Waals surface area (Å²) in [5.41, 5.74) is 1.38. The van der Waals surface area contributed by atoms with Crippen LogP contribution in [0.3, 0.4) is 0 Å². The van der Waals surface area contributed by atoms with Crippen molar-refractivity contribution < 1.29 is 19.1 Å². The minimum absolute atomic E-state index is 0.132. The van der Waals surface area contributed by atoms with Gasteiger partial charge in [-0.3, -0.25) is 4.79 Å². The van der Waals surface area contributed by atoms with Crippen LogP contribution in [0, 0.1) is 0 Å². The van der Waals surface area contributed by atoms with Crippen molar-refractivity contribution in [3.63, 3.8) is 0 Å². The summed E-state index contributed by atoms with van der Waals surface area (Å²) in [4.78, 5) is 32.8. The van der Waals surface area contributed by atoms with E-state index in [-0.39, 0.29) is 17.2 Å². The third-order valence-electron chi connectivity index (χ3n) is 3.82. The van der Waals surface area contributed by atoms with E-state index < -0.39 is 11.9 Å². The summed E-state index contributed by atoms with van der Waals surface area (Å²) in [5, 5.41) is 5.69. The molecule has 2 N–H and O–H groups in total. The Morgan fingerprint density at radius 2 is 1.64 bits per heavy atom. The SMILES string of the molecule is COC(=O)c1ccccc1NC(=O)c1ccnc(Nc2ccccc2OC)n1. The zero-order chi connectivity index (χ0) is 19.9. The predicted octanol–water partition coefficient (Wildman–Crippen LogP) is 3.27. The van der Waals surface area contributed by atoms with Crippen LogP contribution in [0.25, 0.3) is 0 Å². The number of benzene rings is 2. The maximum Gasteiger partial charge on any atom is 0.339 e. The predicted molar refractivity (Wildman–Crippen MR) is 104 cm³/mol. The van der Waals surface area contributed by atoms with E-state index in [0.29, 0.717) is 17.1 Å². The number of amides is 1. The number of carbonyl (C=O) groups excluding carboxylic acids is 2. The van der Waals surface area contributed by atoms with Crippen LogP contribution in [0.15, 0.2) is 60.8 Å². The van der Waals surface area contributed by atoms with Gasteiger partial charge in [-0.1, -0.05) is 24.3 Å². The van der Waals surface area contributed by atoms with Gasteiger partial charge in [-0.25, -0.2) is 14.8 Å². The summed E-state index contributed by atoms with van der Waals surface area (Å²) in [6, 6.07) is 15.3. The fourth-order valence-electron chi connectivity index (χ4n) is 2.48. The number of ether oxygens (including phenoxy) is 2. The highest BCUT2D eigenvalue weighted by Crippen LogP contribution is 2.25. The number of esters is 1. The smallest absolute Gasteiger partial charge is 0.339 e. The lowest BCUT2D eigenvalue weighted by molar-refractivity contribution is 0.0602. The number of rotatable bonds is 6. The van der Waals surface area contributed by atoms with Crippen LogP contribution >= 0.6 is 0 Å². The zero-order valence-corrected chi connectivity index (χ0v) is 15.3. The quantitative estimate of drug-likeness (QED) is 0.635. The molecule has 28 heavy (non-hydrogen) atoms. The molecule has 0 unspecified atom stereocenters. The number of carbonyl (C=O) groups is 2. The molecule has 1 aromatic heterocycles. The topological polar surface area (TPSA) is 102 Å². The fourth-order valence-corrected chi connectivity index (χ4v) is 2.48. The van der Waals surface area contributed by atoms with Crippen molar-refractivity contribution >= 4 is 29.2 Å². The van der Waals surface area contributed by atoms with Crippen LogP contribution in [0.2, 0.25) is 0 Å². The highest BCUT2D eigenvalue weighted by molar-refractivity contribution is 6.07. The molecule has 0 atom stereocenters. The van der Waals surface area contributed by atoms with Gasteiger partial charge in [-0.05, 0) is 30.3 Å². The molecule has 3 aromatic rings. The van der Waals surface area contributed by atoms with Crippen LogP contribution in [0.4, 0.5) is 17.3 Å². The van der Waals surface area contributed by atoms with E-state index in [4.69, 9.17) is 9.47 Å². The summed E-state index contributed by atoms with van der Waals surface area (Å²) in [5.74, 6) is -0.176. The molecule has 8 nitrogen and oxygen atoms in total. The van der Waals surface area contributed by atoms with E-state index in [9.17, 15) is 9.59 Å². The summed E-state index contributed by atoms with van der Waals surface area (Å²) >= 11 is 0. The Morgan fingerprint density at radius 1 is 0.929 bits per heavy atom. The summed E-state index contributed by atoms with van der Waals surface area (Å²) in [6.45, 7) is 0. The van der Waals surface area contributed by atoms with Crippen molar-refractivity contribution in [2.45, 2.75) is 0 Å². The third-order valence-corrected chi connectivity index (χ3v) is 3.82. The van der Waals surface area contributed by atoms with E-state index in [1.807, 2.05) is 18.2 Å². The first kappa shape index (κ1) is 18.8. The number of hydrogen-bond donors (Lipinski definition) is 2. The Morgan fingerprint density at radius 3 is 2.39 bits per heavy atom. The number of methoxy groups -OCH3 is 2. The van der Waals surface area contributed by atoms with Gasteiger partial charge >= 0.3 is 5.97 Å². The number of anilines is 3. The fraction of sp³-hybridized carbons (Fsp3) is 0.100. The molecule has 0 aliphatic rings. The molecule has 3 rings (SSSR count). The van der Waals surface area contributed by atoms with Gasteiger partial charge in [-0.2, -0.15) is 0 Å². The largest absolute Gasteiger partial charge is 0.495 e. The normalized spacial score (nSPS) is 10.1. The van der Waals surface area contributed by atoms with Gasteiger partial charge in [0.25, 0.3) is 5.91 Å². The van der Waals surface area contributed by atoms with Crippen LogP contribution < -0.4 is 15.4 Å². The maximum absolute atomic E-state index is 12.6. The van der Waals surface area contributed by atoms with Crippen LogP contribution in [-0.4, -0.2) is 36.1 Å². The van der Waals surface area contributed by atoms with Gasteiger partial charge in [0.2, 0.25) is 5.95 Å². The molecule has 1 amide bonds. The van der Waals surface area contributed by atoms with Crippen LogP contribution in [0.5, 0.6) is 5.75 Å². The second-order valence-electron chi connectivity index (χ2n) is 5.58. The van der Waals surface area contributed by atoms with Crippen LogP contribution in [0.1, 0.15) is 20.8 Å². The molecule has 8 heteroatoms. The van der Waals surface area contributed by atoms with Crippen molar-refractivity contribution in [2.24, 2.45) is 0 Å². The molecule has 0 spiro atoms. The van der Waals surface area contributed by atoms with Gasteiger partial charge in [-0.15, -0.1) is 0 Å². The van der Waals surface area contributed by atoms with Crippen molar-refractivity contribution in [1.29, 1.82) is 0 Å². The molecule has 142 valence electrons. The lowest BCUT2D eigenvalue weighted by atomic mass is 10.1. The number of nitrogens with zero attached hydrogens (tertiary/aromatic N) is 2. The van der Waals surface area contributed by atoms with Crippen molar-refractivity contribution in [3.05, 3.63) is 72.1 Å². The first-order valence-corrected chi connectivity index (χ1v) is 8.34. The first-order chi connectivity index (χ1) is 13.6. The molecular formula is C20H18N4O4. The Labute approximate surface area is 161 Å². The summed E-state index contributed by atoms with van der Waals surface area (Å²) in [6.07, 6.45) is 1.46. The standard InChI is InChI=1S/C20H18N4O4/c1-27-17-10-6-5-9-15(17)23-20-21-12-11-16(24-20)18(25)22-14-8-4-3-7-13(14)19(26)28-2/h3-12H,1-2H3,(H,22,25)(H,21,23,24). The molecule has 0 bridgehead atoms. The summed E-state index contributed by atoms with van der Waals surface area (Å²) in [7, 11) is 2.84. The first-order valence-electron chi connectivity index (χ1n) is 8.34. The minimum Gasteiger partial charge on any atom is -0.495 e. The second kappa shape index (κ2) is 8.63. The number of aromatic nitrogens is 2. The molecule has 2 aromatic carbocycles. The molecule has 0 saturated carbocycles. The average molecular weight is 378 g/mol. The lowest BCUT2D eigenvalue weighted by Crippen LogP contribution is -2.17. The molecule has 0 saturated heterocycles. The lowest BCUT2D eigenvalue weighted by Gasteiger charge is -2.11. The number of para-hydroxylation sites is 3. The Hall–Kier alpha value is -3.94. The van der Waals surface area contributed by atoms with Crippen molar-refractivity contribution in [1.82, 2.24) is 9.97 Å². The summed E-state index contributed by atoms with van der Waals surface area (Å²) < 4.78 is 10.0. The highest BCUT2D eigenvalue weighted by Gasteiger charge is 2.16. The molecule has 0 radical (unpaired) electrons. The van der Waals surface area contributed by atoms with Gasteiger partial charge in [0, 0.05) is 6.20 Å². The Bertz CT molecular complexity index is 1010. The van der Waals surface area contributed by atoms with Gasteiger partial charge in [0.05, 0.1) is 31.2 Å². The van der Waals surface area contributed by atoms with E-state index in [1.54, 1.807) is 37.4 Å². The minimum atomic E-state index is -0.544. The van der Waals surface area contributed by atoms with Crippen molar-refractivity contribution in [2.75, 3.05) is 24.9 Å². The zero-order valence-electron chi connectivity index (χ0n) is 15.3. The molecule has 0 aliphatic carbocycles. The number of hydrogen-bond acceptors (Lipinski definition) is 7. The number of nitrogens with one attached hydrogen (secondary N) is 2. The van der Waals surface area contributed by atoms with Crippen LogP contribution in [-0.2, 0) is 4.74 Å². The van der Waals surface area contributed by atoms with E-state index in [2.05, 4.69) is 20.6 Å². The third kappa shape index (κ3) is 4.24. The molecule has 1 heterocycles. The maximum atomic E-state index is 12.6. The van der Waals surface area contributed by atoms with Gasteiger partial charge in [0.1, 0.15) is 11.4 Å². The monoisotopic (exact) mass is 378 g/mol. The van der Waals surface area contributed by atoms with E-state index in [0.717, 1.165) is 0 Å². The van der Waals surface area contributed by atoms with Gasteiger partial charge in [0.15, 0.2) is 0 Å². The highest BCUT2D eigenvalue weighted by atomic mass is 16.5. The van der Waals surface area contributed by atoms with Crippen molar-refractivity contribution in [3.8, 4) is 5.75 Å². The Kier molecular flexibility index (Phi) is 5.81. The average Bonchev–Trinajstić information content (AvgIpc) is 2.74. The van der Waals surface area contributed by atoms with E-state index >= 15 is 0 Å². The molecule has 0 fully saturated rings. The Balaban J connectivity index is 1.81. The molecular weight excluding hydrogens is 360 g/mol. The van der Waals surface area contributed by atoms with E-state index in [1.165, 1.54) is 19.4 Å². The molecule has 0 aliphatic heterocycles.